The molecule has 0 saturated heterocycles. The lowest BCUT2D eigenvalue weighted by Gasteiger charge is -2.10. The summed E-state index contributed by atoms with van der Waals surface area (Å²) in [5, 5.41) is 8.39. The molecule has 0 fully saturated rings. The zero-order valence-corrected chi connectivity index (χ0v) is 16.4. The van der Waals surface area contributed by atoms with Crippen molar-refractivity contribution in [2.75, 3.05) is 24.9 Å². The molecule has 0 radical (unpaired) electrons. The lowest BCUT2D eigenvalue weighted by Crippen LogP contribution is -2.12. The number of aromatic nitrogens is 1. The maximum Gasteiger partial charge on any atom is 0.275 e. The van der Waals surface area contributed by atoms with Crippen LogP contribution in [0.1, 0.15) is 21.6 Å². The van der Waals surface area contributed by atoms with Gasteiger partial charge in [-0.05, 0) is 49.2 Å². The predicted molar refractivity (Wildman–Crippen MR) is 109 cm³/mol. The maximum atomic E-state index is 12.5. The third-order valence-corrected chi connectivity index (χ3v) is 4.62. The van der Waals surface area contributed by atoms with Crippen molar-refractivity contribution in [2.45, 2.75) is 13.8 Å². The van der Waals surface area contributed by atoms with Gasteiger partial charge in [-0.1, -0.05) is 6.07 Å². The third-order valence-electron chi connectivity index (χ3n) is 3.87. The summed E-state index contributed by atoms with van der Waals surface area (Å²) in [6.45, 7) is 3.99. The zero-order valence-electron chi connectivity index (χ0n) is 15.6. The lowest BCUT2D eigenvalue weighted by atomic mass is 10.1. The Hall–Kier alpha value is -3.06. The summed E-state index contributed by atoms with van der Waals surface area (Å²) in [6, 6.07) is 11.4. The van der Waals surface area contributed by atoms with Crippen LogP contribution in [-0.2, 0) is 0 Å². The van der Waals surface area contributed by atoms with Gasteiger partial charge in [0.1, 0.15) is 17.2 Å². The summed E-state index contributed by atoms with van der Waals surface area (Å²) in [5.41, 5.74) is 4.05. The molecule has 7 heteroatoms. The first-order valence-corrected chi connectivity index (χ1v) is 9.20. The molecule has 3 rings (SSSR count). The van der Waals surface area contributed by atoms with Crippen LogP contribution in [0.4, 0.5) is 16.5 Å². The number of carbonyl (C=O) groups excluding carboxylic acids is 1. The van der Waals surface area contributed by atoms with Crippen LogP contribution in [0, 0.1) is 13.8 Å². The number of anilines is 3. The molecular formula is C20H21N3O3S. The number of hydrogen-bond donors (Lipinski definition) is 2. The number of ether oxygens (including phenoxy) is 2. The van der Waals surface area contributed by atoms with Gasteiger partial charge >= 0.3 is 0 Å². The minimum absolute atomic E-state index is 0.244. The second-order valence-corrected chi connectivity index (χ2v) is 6.92. The summed E-state index contributed by atoms with van der Waals surface area (Å²) in [6.07, 6.45) is 0. The largest absolute Gasteiger partial charge is 0.497 e. The molecule has 1 aromatic heterocycles. The van der Waals surface area contributed by atoms with Gasteiger partial charge in [0.15, 0.2) is 5.13 Å². The molecule has 2 aromatic carbocycles. The first kappa shape index (κ1) is 18.7. The minimum atomic E-state index is -0.244. The first-order valence-electron chi connectivity index (χ1n) is 8.32. The molecule has 2 N–H and O–H groups in total. The SMILES string of the molecule is COc1ccc(Nc2nc(C(=O)Nc3cc(C)cc(C)c3)cs2)c(OC)c1. The Labute approximate surface area is 162 Å². The van der Waals surface area contributed by atoms with E-state index in [2.05, 4.69) is 21.7 Å². The van der Waals surface area contributed by atoms with E-state index in [0.717, 1.165) is 22.5 Å². The van der Waals surface area contributed by atoms with E-state index in [9.17, 15) is 4.79 Å². The van der Waals surface area contributed by atoms with Crippen LogP contribution in [0.3, 0.4) is 0 Å². The van der Waals surface area contributed by atoms with Gasteiger partial charge in [0.25, 0.3) is 5.91 Å². The smallest absolute Gasteiger partial charge is 0.275 e. The highest BCUT2D eigenvalue weighted by Gasteiger charge is 2.13. The molecule has 140 valence electrons. The molecule has 1 heterocycles. The molecule has 0 aliphatic rings. The van der Waals surface area contributed by atoms with Gasteiger partial charge in [0.2, 0.25) is 0 Å². The molecule has 0 spiro atoms. The number of benzene rings is 2. The number of nitrogens with one attached hydrogen (secondary N) is 2. The van der Waals surface area contributed by atoms with E-state index in [4.69, 9.17) is 9.47 Å². The lowest BCUT2D eigenvalue weighted by molar-refractivity contribution is 0.102. The van der Waals surface area contributed by atoms with Gasteiger partial charge in [0, 0.05) is 17.1 Å². The van der Waals surface area contributed by atoms with Crippen molar-refractivity contribution < 1.29 is 14.3 Å². The summed E-state index contributed by atoms with van der Waals surface area (Å²) in [7, 11) is 3.19. The van der Waals surface area contributed by atoms with Crippen molar-refractivity contribution >= 4 is 33.8 Å². The quantitative estimate of drug-likeness (QED) is 0.641. The van der Waals surface area contributed by atoms with Crippen LogP contribution in [0.2, 0.25) is 0 Å². The number of nitrogens with zero attached hydrogens (tertiary/aromatic N) is 1. The molecular weight excluding hydrogens is 362 g/mol. The highest BCUT2D eigenvalue weighted by Crippen LogP contribution is 2.32. The van der Waals surface area contributed by atoms with Gasteiger partial charge in [-0.3, -0.25) is 4.79 Å². The van der Waals surface area contributed by atoms with E-state index in [-0.39, 0.29) is 5.91 Å². The van der Waals surface area contributed by atoms with Crippen LogP contribution in [0.15, 0.2) is 41.8 Å². The molecule has 0 aliphatic heterocycles. The number of thiazole rings is 1. The number of carbonyl (C=O) groups is 1. The van der Waals surface area contributed by atoms with E-state index in [0.29, 0.717) is 22.3 Å². The second kappa shape index (κ2) is 8.09. The third kappa shape index (κ3) is 4.57. The minimum Gasteiger partial charge on any atom is -0.497 e. The second-order valence-electron chi connectivity index (χ2n) is 6.06. The zero-order chi connectivity index (χ0) is 19.4. The van der Waals surface area contributed by atoms with Gasteiger partial charge in [-0.15, -0.1) is 11.3 Å². The van der Waals surface area contributed by atoms with Gasteiger partial charge < -0.3 is 20.1 Å². The fourth-order valence-electron chi connectivity index (χ4n) is 2.69. The van der Waals surface area contributed by atoms with Crippen molar-refractivity contribution in [3.8, 4) is 11.5 Å². The summed E-state index contributed by atoms with van der Waals surface area (Å²) < 4.78 is 10.6. The fourth-order valence-corrected chi connectivity index (χ4v) is 3.40. The van der Waals surface area contributed by atoms with Crippen LogP contribution in [-0.4, -0.2) is 25.1 Å². The van der Waals surface area contributed by atoms with E-state index in [1.807, 2.05) is 38.1 Å². The topological polar surface area (TPSA) is 72.5 Å². The molecule has 3 aromatic rings. The normalized spacial score (nSPS) is 10.4. The molecule has 27 heavy (non-hydrogen) atoms. The highest BCUT2D eigenvalue weighted by atomic mass is 32.1. The maximum absolute atomic E-state index is 12.5. The molecule has 6 nitrogen and oxygen atoms in total. The van der Waals surface area contributed by atoms with E-state index >= 15 is 0 Å². The predicted octanol–water partition coefficient (Wildman–Crippen LogP) is 4.77. The fraction of sp³-hybridized carbons (Fsp3) is 0.200. The summed E-state index contributed by atoms with van der Waals surface area (Å²) in [4.78, 5) is 16.8. The molecule has 0 unspecified atom stereocenters. The highest BCUT2D eigenvalue weighted by molar-refractivity contribution is 7.14. The molecule has 0 aliphatic carbocycles. The van der Waals surface area contributed by atoms with Gasteiger partial charge in [-0.25, -0.2) is 4.98 Å². The van der Waals surface area contributed by atoms with Crippen LogP contribution in [0.25, 0.3) is 0 Å². The number of hydrogen-bond acceptors (Lipinski definition) is 6. The van der Waals surface area contributed by atoms with Crippen LogP contribution < -0.4 is 20.1 Å². The van der Waals surface area contributed by atoms with Crippen LogP contribution in [0.5, 0.6) is 11.5 Å². The summed E-state index contributed by atoms with van der Waals surface area (Å²) >= 11 is 1.35. The van der Waals surface area contributed by atoms with E-state index in [1.54, 1.807) is 25.7 Å². The van der Waals surface area contributed by atoms with Crippen molar-refractivity contribution in [3.05, 3.63) is 58.6 Å². The van der Waals surface area contributed by atoms with Crippen molar-refractivity contribution in [2.24, 2.45) is 0 Å². The molecule has 0 atom stereocenters. The van der Waals surface area contributed by atoms with E-state index in [1.165, 1.54) is 11.3 Å². The Balaban J connectivity index is 1.73. The molecule has 1 amide bonds. The summed E-state index contributed by atoms with van der Waals surface area (Å²) in [5.74, 6) is 1.09. The Morgan fingerprint density at radius 3 is 2.44 bits per heavy atom. The van der Waals surface area contributed by atoms with Gasteiger partial charge in [0.05, 0.1) is 19.9 Å². The van der Waals surface area contributed by atoms with Crippen molar-refractivity contribution in [1.29, 1.82) is 0 Å². The average molecular weight is 383 g/mol. The number of amides is 1. The average Bonchev–Trinajstić information content (AvgIpc) is 3.10. The Kier molecular flexibility index (Phi) is 5.61. The van der Waals surface area contributed by atoms with Crippen molar-refractivity contribution in [3.63, 3.8) is 0 Å². The molecule has 0 bridgehead atoms. The number of aryl methyl sites for hydroxylation is 2. The molecule has 0 saturated carbocycles. The monoisotopic (exact) mass is 383 g/mol. The number of methoxy groups -OCH3 is 2. The van der Waals surface area contributed by atoms with E-state index < -0.39 is 0 Å². The van der Waals surface area contributed by atoms with Crippen molar-refractivity contribution in [1.82, 2.24) is 4.98 Å². The Bertz CT molecular complexity index is 949. The van der Waals surface area contributed by atoms with Gasteiger partial charge in [-0.2, -0.15) is 0 Å². The Morgan fingerprint density at radius 1 is 1.04 bits per heavy atom. The standard InChI is InChI=1S/C20H21N3O3S/c1-12-7-13(2)9-14(8-12)21-19(24)17-11-27-20(23-17)22-16-6-5-15(25-3)10-18(16)26-4/h5-11H,1-4H3,(H,21,24)(H,22,23). The van der Waals surface area contributed by atoms with Crippen LogP contribution >= 0.6 is 11.3 Å². The first-order chi connectivity index (χ1) is 13.0. The Morgan fingerprint density at radius 2 is 1.78 bits per heavy atom. The number of rotatable bonds is 6.